The van der Waals surface area contributed by atoms with Gasteiger partial charge in [0.05, 0.1) is 7.11 Å². The van der Waals surface area contributed by atoms with E-state index >= 15 is 0 Å². The molecule has 2 rings (SSSR count). The molecule has 0 heterocycles. The summed E-state index contributed by atoms with van der Waals surface area (Å²) in [5.41, 5.74) is 7.96. The number of nitrogens with two attached hydrogens (primary N) is 1. The molecule has 0 aliphatic rings. The molecule has 0 spiro atoms. The fourth-order valence-corrected chi connectivity index (χ4v) is 2.22. The molecule has 0 saturated heterocycles. The lowest BCUT2D eigenvalue weighted by molar-refractivity contribution is 0.211. The molecule has 2 aromatic rings. The van der Waals surface area contributed by atoms with Gasteiger partial charge in [-0.15, -0.1) is 0 Å². The molecule has 4 heteroatoms. The van der Waals surface area contributed by atoms with Crippen LogP contribution in [-0.4, -0.2) is 20.3 Å². The van der Waals surface area contributed by atoms with E-state index in [4.69, 9.17) is 19.9 Å². The second-order valence-electron chi connectivity index (χ2n) is 5.61. The molecule has 2 aromatic carbocycles. The minimum absolute atomic E-state index is 0.441. The van der Waals surface area contributed by atoms with Crippen LogP contribution in [0.2, 0.25) is 0 Å². The quantitative estimate of drug-likeness (QED) is 0.754. The van der Waals surface area contributed by atoms with Gasteiger partial charge in [0.2, 0.25) is 0 Å². The zero-order valence-electron chi connectivity index (χ0n) is 14.0. The Hall–Kier alpha value is -2.20. The molecule has 0 fully saturated rings. The third kappa shape index (κ3) is 4.89. The highest BCUT2D eigenvalue weighted by atomic mass is 16.5. The first-order valence-electron chi connectivity index (χ1n) is 7.86. The molecule has 0 unspecified atom stereocenters. The van der Waals surface area contributed by atoms with Gasteiger partial charge in [-0.25, -0.2) is 0 Å². The topological polar surface area (TPSA) is 53.7 Å². The highest BCUT2D eigenvalue weighted by molar-refractivity contribution is 5.42. The zero-order valence-corrected chi connectivity index (χ0v) is 14.0. The number of methoxy groups -OCH3 is 1. The fraction of sp³-hybridized carbons (Fsp3) is 0.368. The van der Waals surface area contributed by atoms with Crippen molar-refractivity contribution in [3.63, 3.8) is 0 Å². The molecule has 0 amide bonds. The summed E-state index contributed by atoms with van der Waals surface area (Å²) in [7, 11) is 1.62. The Morgan fingerprint density at radius 3 is 2.22 bits per heavy atom. The normalized spacial score (nSPS) is 10.7. The Balaban J connectivity index is 1.85. The average molecular weight is 315 g/mol. The van der Waals surface area contributed by atoms with Crippen molar-refractivity contribution in [3.05, 3.63) is 53.6 Å². The summed E-state index contributed by atoms with van der Waals surface area (Å²) in [5.74, 6) is 2.76. The van der Waals surface area contributed by atoms with E-state index in [2.05, 4.69) is 26.0 Å². The van der Waals surface area contributed by atoms with Crippen LogP contribution in [-0.2, 0) is 6.54 Å². The van der Waals surface area contributed by atoms with Gasteiger partial charge in [-0.2, -0.15) is 0 Å². The Labute approximate surface area is 138 Å². The standard InChI is InChI=1S/C19H25NO3/c1-14(2)16-5-7-17(8-6-16)22-10-11-23-19-12-15(13-20)4-9-18(19)21-3/h4-9,12,14H,10-11,13,20H2,1-3H3. The van der Waals surface area contributed by atoms with E-state index in [1.807, 2.05) is 30.3 Å². The third-order valence-corrected chi connectivity index (χ3v) is 3.62. The van der Waals surface area contributed by atoms with Gasteiger partial charge in [0.25, 0.3) is 0 Å². The van der Waals surface area contributed by atoms with Crippen molar-refractivity contribution in [2.24, 2.45) is 5.73 Å². The van der Waals surface area contributed by atoms with Gasteiger partial charge in [0.15, 0.2) is 11.5 Å². The van der Waals surface area contributed by atoms with Crippen molar-refractivity contribution >= 4 is 0 Å². The predicted octanol–water partition coefficient (Wildman–Crippen LogP) is 3.74. The Bertz CT molecular complexity index is 609. The Morgan fingerprint density at radius 1 is 0.913 bits per heavy atom. The molecule has 2 N–H and O–H groups in total. The van der Waals surface area contributed by atoms with E-state index in [-0.39, 0.29) is 0 Å². The lowest BCUT2D eigenvalue weighted by Crippen LogP contribution is -2.10. The van der Waals surface area contributed by atoms with E-state index in [1.54, 1.807) is 7.11 Å². The van der Waals surface area contributed by atoms with Crippen LogP contribution in [0.4, 0.5) is 0 Å². The SMILES string of the molecule is COc1ccc(CN)cc1OCCOc1ccc(C(C)C)cc1. The summed E-state index contributed by atoms with van der Waals surface area (Å²) in [6, 6.07) is 13.9. The highest BCUT2D eigenvalue weighted by Gasteiger charge is 2.05. The number of hydrogen-bond donors (Lipinski definition) is 1. The van der Waals surface area contributed by atoms with Crippen LogP contribution < -0.4 is 19.9 Å². The molecule has 0 radical (unpaired) electrons. The van der Waals surface area contributed by atoms with Gasteiger partial charge in [0, 0.05) is 6.54 Å². The molecule has 124 valence electrons. The number of benzene rings is 2. The summed E-state index contributed by atoms with van der Waals surface area (Å²) < 4.78 is 16.7. The lowest BCUT2D eigenvalue weighted by atomic mass is 10.0. The van der Waals surface area contributed by atoms with E-state index in [9.17, 15) is 0 Å². The van der Waals surface area contributed by atoms with Crippen LogP contribution in [0.5, 0.6) is 17.2 Å². The first kappa shape index (κ1) is 17.2. The average Bonchev–Trinajstić information content (AvgIpc) is 2.58. The maximum atomic E-state index is 5.75. The third-order valence-electron chi connectivity index (χ3n) is 3.62. The van der Waals surface area contributed by atoms with Crippen molar-refractivity contribution in [3.8, 4) is 17.2 Å². The van der Waals surface area contributed by atoms with Gasteiger partial charge in [-0.1, -0.05) is 32.0 Å². The lowest BCUT2D eigenvalue weighted by Gasteiger charge is -2.13. The Morgan fingerprint density at radius 2 is 1.61 bits per heavy atom. The van der Waals surface area contributed by atoms with Gasteiger partial charge in [0.1, 0.15) is 19.0 Å². The Kier molecular flexibility index (Phi) is 6.29. The van der Waals surface area contributed by atoms with Crippen molar-refractivity contribution in [1.82, 2.24) is 0 Å². The number of ether oxygens (including phenoxy) is 3. The number of rotatable bonds is 8. The molecule has 0 saturated carbocycles. The van der Waals surface area contributed by atoms with Crippen LogP contribution >= 0.6 is 0 Å². The number of hydrogen-bond acceptors (Lipinski definition) is 4. The van der Waals surface area contributed by atoms with Crippen LogP contribution in [0.1, 0.15) is 30.9 Å². The fourth-order valence-electron chi connectivity index (χ4n) is 2.22. The van der Waals surface area contributed by atoms with Crippen LogP contribution in [0, 0.1) is 0 Å². The van der Waals surface area contributed by atoms with E-state index in [0.717, 1.165) is 11.3 Å². The molecule has 4 nitrogen and oxygen atoms in total. The summed E-state index contributed by atoms with van der Waals surface area (Å²) in [4.78, 5) is 0. The van der Waals surface area contributed by atoms with E-state index < -0.39 is 0 Å². The first-order valence-corrected chi connectivity index (χ1v) is 7.86. The minimum atomic E-state index is 0.441. The van der Waals surface area contributed by atoms with Crippen molar-refractivity contribution in [1.29, 1.82) is 0 Å². The van der Waals surface area contributed by atoms with Gasteiger partial charge in [-0.3, -0.25) is 0 Å². The first-order chi connectivity index (χ1) is 11.1. The van der Waals surface area contributed by atoms with Crippen molar-refractivity contribution in [2.45, 2.75) is 26.3 Å². The van der Waals surface area contributed by atoms with Gasteiger partial charge >= 0.3 is 0 Å². The van der Waals surface area contributed by atoms with E-state index in [0.29, 0.717) is 37.2 Å². The molecule has 0 atom stereocenters. The summed E-state index contributed by atoms with van der Waals surface area (Å²) in [6.45, 7) is 5.73. The molecule has 0 aliphatic carbocycles. The van der Waals surface area contributed by atoms with Crippen molar-refractivity contribution < 1.29 is 14.2 Å². The smallest absolute Gasteiger partial charge is 0.161 e. The second-order valence-corrected chi connectivity index (χ2v) is 5.61. The zero-order chi connectivity index (χ0) is 16.7. The van der Waals surface area contributed by atoms with Gasteiger partial charge < -0.3 is 19.9 Å². The molecule has 0 aliphatic heterocycles. The van der Waals surface area contributed by atoms with Gasteiger partial charge in [-0.05, 0) is 41.3 Å². The minimum Gasteiger partial charge on any atom is -0.493 e. The predicted molar refractivity (Wildman–Crippen MR) is 92.4 cm³/mol. The van der Waals surface area contributed by atoms with E-state index in [1.165, 1.54) is 5.56 Å². The van der Waals surface area contributed by atoms with Crippen molar-refractivity contribution in [2.75, 3.05) is 20.3 Å². The largest absolute Gasteiger partial charge is 0.493 e. The van der Waals surface area contributed by atoms with Crippen LogP contribution in [0.25, 0.3) is 0 Å². The molecular formula is C19H25NO3. The molecule has 23 heavy (non-hydrogen) atoms. The molecular weight excluding hydrogens is 290 g/mol. The maximum Gasteiger partial charge on any atom is 0.161 e. The second kappa shape index (κ2) is 8.44. The monoisotopic (exact) mass is 315 g/mol. The summed E-state index contributed by atoms with van der Waals surface area (Å²) >= 11 is 0. The summed E-state index contributed by atoms with van der Waals surface area (Å²) in [5, 5.41) is 0. The van der Waals surface area contributed by atoms with Crippen LogP contribution in [0.3, 0.4) is 0 Å². The molecule has 0 aromatic heterocycles. The maximum absolute atomic E-state index is 5.75. The van der Waals surface area contributed by atoms with Crippen LogP contribution in [0.15, 0.2) is 42.5 Å². The summed E-state index contributed by atoms with van der Waals surface area (Å²) in [6.07, 6.45) is 0. The highest BCUT2D eigenvalue weighted by Crippen LogP contribution is 2.28. The molecule has 0 bridgehead atoms.